The molecule has 0 spiro atoms. The smallest absolute Gasteiger partial charge is 0.275 e. The van der Waals surface area contributed by atoms with Crippen LogP contribution in [0, 0.1) is 0 Å². The molecular formula is C24H18N3O4-. The Morgan fingerprint density at radius 2 is 1.35 bits per heavy atom. The quantitative estimate of drug-likeness (QED) is 0.519. The number of hydrogen-bond acceptors (Lipinski definition) is 5. The van der Waals surface area contributed by atoms with E-state index in [0.717, 1.165) is 15.8 Å². The molecule has 7 heteroatoms. The Balaban J connectivity index is 1.67. The summed E-state index contributed by atoms with van der Waals surface area (Å²) in [5.41, 5.74) is 0.810. The summed E-state index contributed by atoms with van der Waals surface area (Å²) in [4.78, 5) is 37.2. The van der Waals surface area contributed by atoms with Crippen molar-refractivity contribution in [3.05, 3.63) is 112 Å². The standard InChI is InChI=1S/C24H19N3O4/c28-20(25-21(16-9-3-1-4-10-16)17-11-5-2-6-12-17)15-27-23(29)19-14-8-7-13-18(19)22(26-27)24(30)31/h1-14,21H,15H2,(H,25,28)(H,30,31)/p-1. The number of aromatic nitrogens is 2. The number of carbonyl (C=O) groups excluding carboxylic acids is 2. The highest BCUT2D eigenvalue weighted by molar-refractivity contribution is 6.00. The molecular weight excluding hydrogens is 394 g/mol. The van der Waals surface area contributed by atoms with E-state index in [9.17, 15) is 19.5 Å². The van der Waals surface area contributed by atoms with Crippen molar-refractivity contribution < 1.29 is 14.7 Å². The second kappa shape index (κ2) is 8.62. The van der Waals surface area contributed by atoms with E-state index in [-0.39, 0.29) is 16.5 Å². The van der Waals surface area contributed by atoms with E-state index in [4.69, 9.17) is 0 Å². The first-order valence-electron chi connectivity index (χ1n) is 9.65. The zero-order valence-corrected chi connectivity index (χ0v) is 16.4. The van der Waals surface area contributed by atoms with Crippen LogP contribution in [0.25, 0.3) is 10.8 Å². The molecule has 0 fully saturated rings. The summed E-state index contributed by atoms with van der Waals surface area (Å²) in [6, 6.07) is 24.6. The molecule has 1 amide bonds. The molecule has 4 aromatic rings. The Labute approximate surface area is 177 Å². The number of rotatable bonds is 6. The SMILES string of the molecule is O=C(Cn1nc(C(=O)[O-])c2ccccc2c1=O)NC(c1ccccc1)c1ccccc1. The van der Waals surface area contributed by atoms with Gasteiger partial charge in [0.15, 0.2) is 0 Å². The minimum atomic E-state index is -1.52. The average molecular weight is 412 g/mol. The molecule has 1 heterocycles. The van der Waals surface area contributed by atoms with Gasteiger partial charge in [-0.2, -0.15) is 5.10 Å². The van der Waals surface area contributed by atoms with Crippen LogP contribution in [0.4, 0.5) is 0 Å². The molecule has 7 nitrogen and oxygen atoms in total. The fourth-order valence-corrected chi connectivity index (χ4v) is 3.49. The highest BCUT2D eigenvalue weighted by atomic mass is 16.4. The maximum absolute atomic E-state index is 12.9. The molecule has 0 aliphatic rings. The van der Waals surface area contributed by atoms with E-state index in [0.29, 0.717) is 0 Å². The first kappa shape index (κ1) is 20.0. The van der Waals surface area contributed by atoms with E-state index in [1.165, 1.54) is 12.1 Å². The van der Waals surface area contributed by atoms with Gasteiger partial charge < -0.3 is 15.2 Å². The first-order valence-corrected chi connectivity index (χ1v) is 9.65. The third-order valence-electron chi connectivity index (χ3n) is 4.93. The predicted octanol–water partition coefficient (Wildman–Crippen LogP) is 1.67. The van der Waals surface area contributed by atoms with Gasteiger partial charge in [0.05, 0.1) is 17.4 Å². The predicted molar refractivity (Wildman–Crippen MR) is 113 cm³/mol. The zero-order valence-electron chi connectivity index (χ0n) is 16.4. The molecule has 0 saturated carbocycles. The molecule has 0 aliphatic carbocycles. The Morgan fingerprint density at radius 1 is 0.839 bits per heavy atom. The summed E-state index contributed by atoms with van der Waals surface area (Å²) >= 11 is 0. The van der Waals surface area contributed by atoms with Gasteiger partial charge in [0.1, 0.15) is 12.2 Å². The Hall–Kier alpha value is -4.26. The number of carboxylic acids is 1. The van der Waals surface area contributed by atoms with Crippen molar-refractivity contribution in [1.29, 1.82) is 0 Å². The second-order valence-electron chi connectivity index (χ2n) is 6.97. The number of aromatic carboxylic acids is 1. The topological polar surface area (TPSA) is 104 Å². The van der Waals surface area contributed by atoms with Crippen LogP contribution in [-0.2, 0) is 11.3 Å². The highest BCUT2D eigenvalue weighted by Gasteiger charge is 2.19. The molecule has 4 rings (SSSR count). The van der Waals surface area contributed by atoms with Crippen molar-refractivity contribution in [1.82, 2.24) is 15.1 Å². The molecule has 154 valence electrons. The normalized spacial score (nSPS) is 10.9. The molecule has 0 atom stereocenters. The first-order chi connectivity index (χ1) is 15.0. The van der Waals surface area contributed by atoms with Crippen molar-refractivity contribution in [2.24, 2.45) is 0 Å². The van der Waals surface area contributed by atoms with Gasteiger partial charge in [0.2, 0.25) is 5.91 Å². The molecule has 3 aromatic carbocycles. The lowest BCUT2D eigenvalue weighted by Gasteiger charge is -2.20. The van der Waals surface area contributed by atoms with E-state index in [1.807, 2.05) is 60.7 Å². The number of fused-ring (bicyclic) bond motifs is 1. The third-order valence-corrected chi connectivity index (χ3v) is 4.93. The van der Waals surface area contributed by atoms with E-state index in [2.05, 4.69) is 10.4 Å². The summed E-state index contributed by atoms with van der Waals surface area (Å²) in [7, 11) is 0. The van der Waals surface area contributed by atoms with Crippen molar-refractivity contribution in [3.8, 4) is 0 Å². The number of benzene rings is 3. The maximum Gasteiger partial charge on any atom is 0.275 e. The van der Waals surface area contributed by atoms with Crippen molar-refractivity contribution >= 4 is 22.6 Å². The van der Waals surface area contributed by atoms with Gasteiger partial charge in [-0.1, -0.05) is 78.9 Å². The van der Waals surface area contributed by atoms with Crippen LogP contribution in [0.3, 0.4) is 0 Å². The molecule has 0 radical (unpaired) electrons. The lowest BCUT2D eigenvalue weighted by Crippen LogP contribution is -2.37. The van der Waals surface area contributed by atoms with Crippen LogP contribution in [0.15, 0.2) is 89.7 Å². The third kappa shape index (κ3) is 4.20. The highest BCUT2D eigenvalue weighted by Crippen LogP contribution is 2.21. The number of carbonyl (C=O) groups is 2. The number of nitrogens with one attached hydrogen (secondary N) is 1. The lowest BCUT2D eigenvalue weighted by molar-refractivity contribution is -0.255. The number of nitrogens with zero attached hydrogens (tertiary/aromatic N) is 2. The van der Waals surface area contributed by atoms with Gasteiger partial charge in [-0.15, -0.1) is 0 Å². The minimum absolute atomic E-state index is 0.159. The van der Waals surface area contributed by atoms with Gasteiger partial charge in [-0.05, 0) is 17.2 Å². The van der Waals surface area contributed by atoms with Crippen LogP contribution in [0.5, 0.6) is 0 Å². The van der Waals surface area contributed by atoms with E-state index in [1.54, 1.807) is 12.1 Å². The van der Waals surface area contributed by atoms with E-state index < -0.39 is 30.0 Å². The Morgan fingerprint density at radius 3 is 1.90 bits per heavy atom. The summed E-state index contributed by atoms with van der Waals surface area (Å²) < 4.78 is 0.857. The van der Waals surface area contributed by atoms with Gasteiger partial charge in [0, 0.05) is 5.39 Å². The van der Waals surface area contributed by atoms with Crippen LogP contribution >= 0.6 is 0 Å². The Bertz CT molecular complexity index is 1260. The maximum atomic E-state index is 12.9. The molecule has 0 aliphatic heterocycles. The number of amides is 1. The van der Waals surface area contributed by atoms with Crippen molar-refractivity contribution in [3.63, 3.8) is 0 Å². The number of hydrogen-bond donors (Lipinski definition) is 1. The van der Waals surface area contributed by atoms with Gasteiger partial charge >= 0.3 is 0 Å². The molecule has 31 heavy (non-hydrogen) atoms. The van der Waals surface area contributed by atoms with Gasteiger partial charge in [-0.3, -0.25) is 9.59 Å². The van der Waals surface area contributed by atoms with Crippen molar-refractivity contribution in [2.75, 3.05) is 0 Å². The summed E-state index contributed by atoms with van der Waals surface area (Å²) in [5, 5.41) is 18.7. The molecule has 1 aromatic heterocycles. The molecule has 0 bridgehead atoms. The Kier molecular flexibility index (Phi) is 5.57. The number of carboxylic acid groups (broad SMARTS) is 1. The molecule has 0 unspecified atom stereocenters. The second-order valence-corrected chi connectivity index (χ2v) is 6.97. The summed E-state index contributed by atoms with van der Waals surface area (Å²) in [6.45, 7) is -0.430. The molecule has 0 saturated heterocycles. The van der Waals surface area contributed by atoms with E-state index >= 15 is 0 Å². The van der Waals surface area contributed by atoms with Crippen LogP contribution < -0.4 is 16.0 Å². The van der Waals surface area contributed by atoms with Gasteiger partial charge in [0.25, 0.3) is 5.56 Å². The van der Waals surface area contributed by atoms with Crippen LogP contribution in [-0.4, -0.2) is 21.7 Å². The fourth-order valence-electron chi connectivity index (χ4n) is 3.49. The monoisotopic (exact) mass is 412 g/mol. The van der Waals surface area contributed by atoms with Crippen LogP contribution in [0.1, 0.15) is 27.7 Å². The zero-order chi connectivity index (χ0) is 21.8. The lowest BCUT2D eigenvalue weighted by atomic mass is 9.99. The fraction of sp³-hybridized carbons (Fsp3) is 0.0833. The average Bonchev–Trinajstić information content (AvgIpc) is 2.80. The van der Waals surface area contributed by atoms with Crippen molar-refractivity contribution in [2.45, 2.75) is 12.6 Å². The minimum Gasteiger partial charge on any atom is -0.543 e. The summed E-state index contributed by atoms with van der Waals surface area (Å²) in [5.74, 6) is -2.00. The molecule has 1 N–H and O–H groups in total. The van der Waals surface area contributed by atoms with Crippen LogP contribution in [0.2, 0.25) is 0 Å². The largest absolute Gasteiger partial charge is 0.543 e. The summed E-state index contributed by atoms with van der Waals surface area (Å²) in [6.07, 6.45) is 0. The van der Waals surface area contributed by atoms with Gasteiger partial charge in [-0.25, -0.2) is 4.68 Å².